The van der Waals surface area contributed by atoms with Gasteiger partial charge in [0, 0.05) is 23.8 Å². The van der Waals surface area contributed by atoms with Gasteiger partial charge in [-0.15, -0.1) is 12.3 Å². The molecule has 0 heterocycles. The van der Waals surface area contributed by atoms with Gasteiger partial charge in [-0.1, -0.05) is 32.4 Å². The second-order valence-electron chi connectivity index (χ2n) is 6.81. The van der Waals surface area contributed by atoms with Gasteiger partial charge in [0.25, 0.3) is 0 Å². The number of carboxylic acid groups (broad SMARTS) is 1. The monoisotopic (exact) mass is 456 g/mol. The summed E-state index contributed by atoms with van der Waals surface area (Å²) < 4.78 is 9.69. The lowest BCUT2D eigenvalue weighted by molar-refractivity contribution is -0.858. The van der Waals surface area contributed by atoms with Crippen LogP contribution in [0.1, 0.15) is 13.8 Å². The third kappa shape index (κ3) is 41.3. The number of rotatable bonds is 10. The average molecular weight is 457 g/mol. The number of likely N-dealkylation sites (N-methyl/N-ethyl adjacent to an activating group) is 2. The van der Waals surface area contributed by atoms with Crippen molar-refractivity contribution in [2.24, 2.45) is 0 Å². The van der Waals surface area contributed by atoms with Gasteiger partial charge in [-0.2, -0.15) is 0 Å². The summed E-state index contributed by atoms with van der Waals surface area (Å²) in [6.45, 7) is 21.8. The number of hydrogen-bond acceptors (Lipinski definition) is 7. The number of nitrogens with one attached hydrogen (secondary N) is 1. The van der Waals surface area contributed by atoms with Crippen LogP contribution in [-0.4, -0.2) is 82.4 Å². The Bertz CT molecular complexity index is 570. The zero-order valence-corrected chi connectivity index (χ0v) is 20.4. The SMILES string of the molecule is C=C(C)C(=O)OCCN(C)C.C=C(C)C(=O)OCC[NH+](C)C.C=CC(=C)[O-].C=CC(=O)O. The third-order valence-electron chi connectivity index (χ3n) is 2.71. The first-order chi connectivity index (χ1) is 14.6. The van der Waals surface area contributed by atoms with Gasteiger partial charge in [-0.05, 0) is 27.9 Å². The minimum Gasteiger partial charge on any atom is -0.873 e. The lowest BCUT2D eigenvalue weighted by atomic mass is 10.4. The predicted octanol–water partition coefficient (Wildman–Crippen LogP) is 0.221. The number of hydrogen-bond donors (Lipinski definition) is 2. The largest absolute Gasteiger partial charge is 0.873 e. The zero-order valence-electron chi connectivity index (χ0n) is 20.4. The maximum Gasteiger partial charge on any atom is 0.333 e. The van der Waals surface area contributed by atoms with E-state index in [-0.39, 0.29) is 17.7 Å². The predicted molar refractivity (Wildman–Crippen MR) is 125 cm³/mol. The Morgan fingerprint density at radius 2 is 1.28 bits per heavy atom. The molecule has 0 aliphatic carbocycles. The van der Waals surface area contributed by atoms with Crippen molar-refractivity contribution in [3.63, 3.8) is 0 Å². The molecule has 0 saturated heterocycles. The van der Waals surface area contributed by atoms with Crippen LogP contribution in [0.3, 0.4) is 0 Å². The molecular formula is C23H40N2O7. The van der Waals surface area contributed by atoms with Crippen molar-refractivity contribution < 1.29 is 39.0 Å². The lowest BCUT2D eigenvalue weighted by Crippen LogP contribution is -3.06. The van der Waals surface area contributed by atoms with Crippen molar-refractivity contribution in [3.05, 3.63) is 62.0 Å². The molecule has 0 aliphatic heterocycles. The second kappa shape index (κ2) is 24.1. The van der Waals surface area contributed by atoms with Gasteiger partial charge in [0.1, 0.15) is 19.8 Å². The number of ether oxygens (including phenoxy) is 2. The Kier molecular flexibility index (Phi) is 27.3. The van der Waals surface area contributed by atoms with Gasteiger partial charge < -0.3 is 29.5 Å². The van der Waals surface area contributed by atoms with E-state index in [4.69, 9.17) is 14.6 Å². The van der Waals surface area contributed by atoms with E-state index < -0.39 is 5.97 Å². The third-order valence-corrected chi connectivity index (χ3v) is 2.71. The number of aliphatic carboxylic acids is 1. The number of esters is 2. The van der Waals surface area contributed by atoms with E-state index in [0.29, 0.717) is 24.4 Å². The highest BCUT2D eigenvalue weighted by Crippen LogP contribution is 1.91. The maximum absolute atomic E-state index is 10.8. The smallest absolute Gasteiger partial charge is 0.333 e. The molecule has 0 saturated carbocycles. The van der Waals surface area contributed by atoms with Crippen LogP contribution in [0.15, 0.2) is 62.0 Å². The second-order valence-corrected chi connectivity index (χ2v) is 6.81. The van der Waals surface area contributed by atoms with Crippen molar-refractivity contribution in [1.29, 1.82) is 0 Å². The fraction of sp³-hybridized carbons (Fsp3) is 0.435. The van der Waals surface area contributed by atoms with Crippen LogP contribution in [0.5, 0.6) is 0 Å². The van der Waals surface area contributed by atoms with Crippen molar-refractivity contribution in [3.8, 4) is 0 Å². The highest BCUT2D eigenvalue weighted by Gasteiger charge is 2.03. The number of allylic oxidation sites excluding steroid dienone is 1. The summed E-state index contributed by atoms with van der Waals surface area (Å²) in [4.78, 5) is 34.0. The first-order valence-electron chi connectivity index (χ1n) is 9.54. The molecule has 9 heteroatoms. The zero-order chi connectivity index (χ0) is 26.3. The highest BCUT2D eigenvalue weighted by atomic mass is 16.5. The van der Waals surface area contributed by atoms with E-state index in [2.05, 4.69) is 32.9 Å². The van der Waals surface area contributed by atoms with Crippen molar-refractivity contribution in [1.82, 2.24) is 4.90 Å². The molecule has 0 spiro atoms. The van der Waals surface area contributed by atoms with Crippen LogP contribution in [0.2, 0.25) is 0 Å². The van der Waals surface area contributed by atoms with E-state index in [1.807, 2.05) is 33.1 Å². The number of nitrogens with zero attached hydrogens (tertiary/aromatic N) is 1. The average Bonchev–Trinajstić information content (AvgIpc) is 2.68. The number of carbonyl (C=O) groups excluding carboxylic acids is 2. The highest BCUT2D eigenvalue weighted by molar-refractivity contribution is 5.87. The fourth-order valence-electron chi connectivity index (χ4n) is 0.915. The van der Waals surface area contributed by atoms with E-state index >= 15 is 0 Å². The summed E-state index contributed by atoms with van der Waals surface area (Å²) in [6.07, 6.45) is 2.00. The molecule has 0 atom stereocenters. The summed E-state index contributed by atoms with van der Waals surface area (Å²) in [5.41, 5.74) is 0.905. The van der Waals surface area contributed by atoms with Gasteiger partial charge in [0.2, 0.25) is 0 Å². The van der Waals surface area contributed by atoms with Crippen LogP contribution in [0.4, 0.5) is 0 Å². The summed E-state index contributed by atoms with van der Waals surface area (Å²) in [5.74, 6) is -1.83. The van der Waals surface area contributed by atoms with Gasteiger partial charge >= 0.3 is 17.9 Å². The first-order valence-corrected chi connectivity index (χ1v) is 9.54. The molecular weight excluding hydrogens is 416 g/mol. The van der Waals surface area contributed by atoms with Gasteiger partial charge in [0.15, 0.2) is 0 Å². The summed E-state index contributed by atoms with van der Waals surface area (Å²) >= 11 is 0. The molecule has 0 fully saturated rings. The summed E-state index contributed by atoms with van der Waals surface area (Å²) in [6, 6.07) is 0. The Labute approximate surface area is 192 Å². The molecule has 0 radical (unpaired) electrons. The Morgan fingerprint density at radius 3 is 1.50 bits per heavy atom. The van der Waals surface area contributed by atoms with E-state index in [0.717, 1.165) is 19.2 Å². The van der Waals surface area contributed by atoms with Crippen LogP contribution >= 0.6 is 0 Å². The van der Waals surface area contributed by atoms with Crippen molar-refractivity contribution in [2.75, 3.05) is 54.5 Å². The molecule has 0 amide bonds. The molecule has 2 N–H and O–H groups in total. The molecule has 0 aliphatic rings. The topological polar surface area (TPSA) is 121 Å². The Morgan fingerprint density at radius 1 is 0.938 bits per heavy atom. The maximum atomic E-state index is 10.8. The molecule has 0 unspecified atom stereocenters. The molecule has 0 rings (SSSR count). The first kappa shape index (κ1) is 36.2. The summed E-state index contributed by atoms with van der Waals surface area (Å²) in [5, 5.41) is 17.2. The van der Waals surface area contributed by atoms with Crippen LogP contribution in [-0.2, 0) is 23.9 Å². The Hall–Kier alpha value is -3.17. The van der Waals surface area contributed by atoms with Crippen LogP contribution in [0.25, 0.3) is 0 Å². The van der Waals surface area contributed by atoms with Crippen LogP contribution in [0, 0.1) is 0 Å². The Balaban J connectivity index is -0.000000175. The minimum atomic E-state index is -0.981. The molecule has 0 aromatic heterocycles. The lowest BCUT2D eigenvalue weighted by Gasteiger charge is -2.09. The normalized spacial score (nSPS) is 8.75. The van der Waals surface area contributed by atoms with Gasteiger partial charge in [-0.25, -0.2) is 14.4 Å². The molecule has 0 bridgehead atoms. The van der Waals surface area contributed by atoms with E-state index in [9.17, 15) is 19.5 Å². The summed E-state index contributed by atoms with van der Waals surface area (Å²) in [7, 11) is 7.87. The molecule has 32 heavy (non-hydrogen) atoms. The quantitative estimate of drug-likeness (QED) is 0.207. The van der Waals surface area contributed by atoms with Gasteiger partial charge in [-0.3, -0.25) is 0 Å². The number of carboxylic acids is 1. The van der Waals surface area contributed by atoms with Crippen molar-refractivity contribution in [2.45, 2.75) is 13.8 Å². The van der Waals surface area contributed by atoms with E-state index in [1.54, 1.807) is 13.8 Å². The van der Waals surface area contributed by atoms with E-state index in [1.165, 1.54) is 11.0 Å². The van der Waals surface area contributed by atoms with Gasteiger partial charge in [0.05, 0.1) is 14.1 Å². The van der Waals surface area contributed by atoms with Crippen molar-refractivity contribution >= 4 is 17.9 Å². The fourth-order valence-corrected chi connectivity index (χ4v) is 0.915. The molecule has 184 valence electrons. The molecule has 0 aromatic carbocycles. The standard InChI is InChI=1S/2C8H15NO2.C4H6O.C3H4O2/c2*1-7(2)8(10)11-6-5-9(3)4;1-3-4(2)5;1-2-3(4)5/h2*1,5-6H2,2-4H3;3,5H,1-2H2;2H,1H2,(H,4,5). The minimum absolute atomic E-state index is 0.231. The number of quaternary nitrogens is 1. The van der Waals surface area contributed by atoms with Crippen LogP contribution < -0.4 is 10.0 Å². The molecule has 9 nitrogen and oxygen atoms in total. The number of carbonyl (C=O) groups is 3. The molecule has 0 aromatic rings.